The first kappa shape index (κ1) is 11.2. The van der Waals surface area contributed by atoms with Crippen molar-refractivity contribution < 1.29 is 9.47 Å². The van der Waals surface area contributed by atoms with Gasteiger partial charge >= 0.3 is 0 Å². The zero-order chi connectivity index (χ0) is 12.7. The molecule has 0 saturated carbocycles. The van der Waals surface area contributed by atoms with Crippen LogP contribution in [0.3, 0.4) is 0 Å². The largest absolute Gasteiger partial charge is 0.368 e. The summed E-state index contributed by atoms with van der Waals surface area (Å²) in [4.78, 5) is 0. The van der Waals surface area contributed by atoms with Gasteiger partial charge in [0.15, 0.2) is 0 Å². The van der Waals surface area contributed by atoms with Gasteiger partial charge in [-0.25, -0.2) is 0 Å². The van der Waals surface area contributed by atoms with Crippen LogP contribution >= 0.6 is 0 Å². The fourth-order valence-electron chi connectivity index (χ4n) is 2.63. The summed E-state index contributed by atoms with van der Waals surface area (Å²) in [7, 11) is 0. The normalized spacial score (nSPS) is 28.1. The molecule has 2 nitrogen and oxygen atoms in total. The minimum atomic E-state index is 0.280. The summed E-state index contributed by atoms with van der Waals surface area (Å²) < 4.78 is 11.1. The van der Waals surface area contributed by atoms with E-state index in [0.717, 1.165) is 13.0 Å². The molecule has 2 aromatic rings. The zero-order valence-electron chi connectivity index (χ0n) is 10.7. The Morgan fingerprint density at radius 2 is 1.74 bits per heavy atom. The molecule has 2 saturated heterocycles. The van der Waals surface area contributed by atoms with Crippen LogP contribution < -0.4 is 0 Å². The van der Waals surface area contributed by atoms with Crippen molar-refractivity contribution in [2.75, 3.05) is 6.61 Å². The van der Waals surface area contributed by atoms with Gasteiger partial charge in [-0.15, -0.1) is 0 Å². The van der Waals surface area contributed by atoms with Gasteiger partial charge in [0.25, 0.3) is 0 Å². The van der Waals surface area contributed by atoms with E-state index >= 15 is 0 Å². The second-order valence-corrected chi connectivity index (χ2v) is 5.28. The minimum absolute atomic E-state index is 0.280. The molecule has 2 aliphatic heterocycles. The first-order chi connectivity index (χ1) is 9.40. The number of benzene rings is 2. The molecular formula is C17H16O2. The Labute approximate surface area is 113 Å². The topological polar surface area (TPSA) is 25.1 Å². The Morgan fingerprint density at radius 1 is 0.947 bits per heavy atom. The van der Waals surface area contributed by atoms with Gasteiger partial charge in [-0.3, -0.25) is 0 Å². The zero-order valence-corrected chi connectivity index (χ0v) is 10.7. The van der Waals surface area contributed by atoms with E-state index in [1.54, 1.807) is 0 Å². The third-order valence-corrected chi connectivity index (χ3v) is 3.80. The summed E-state index contributed by atoms with van der Waals surface area (Å²) >= 11 is 0. The van der Waals surface area contributed by atoms with Crippen LogP contribution in [-0.4, -0.2) is 12.7 Å². The summed E-state index contributed by atoms with van der Waals surface area (Å²) in [5.74, 6) is 0. The lowest BCUT2D eigenvalue weighted by molar-refractivity contribution is 0.373. The van der Waals surface area contributed by atoms with Crippen LogP contribution in [0.1, 0.15) is 28.9 Å². The fourth-order valence-corrected chi connectivity index (χ4v) is 2.63. The molecule has 3 atom stereocenters. The van der Waals surface area contributed by atoms with E-state index in [1.807, 2.05) is 6.07 Å². The maximum absolute atomic E-state index is 5.79. The molecule has 0 aromatic heterocycles. The highest BCUT2D eigenvalue weighted by Crippen LogP contribution is 2.41. The van der Waals surface area contributed by atoms with Crippen LogP contribution in [-0.2, 0) is 15.9 Å². The van der Waals surface area contributed by atoms with E-state index in [-0.39, 0.29) is 6.10 Å². The van der Waals surface area contributed by atoms with E-state index in [9.17, 15) is 0 Å². The maximum Gasteiger partial charge on any atom is 0.109 e. The van der Waals surface area contributed by atoms with Gasteiger partial charge in [-0.2, -0.15) is 0 Å². The Hall–Kier alpha value is -1.64. The first-order valence-corrected chi connectivity index (χ1v) is 6.81. The predicted octanol–water partition coefficient (Wildman–Crippen LogP) is 3.44. The highest BCUT2D eigenvalue weighted by atomic mass is 16.6. The van der Waals surface area contributed by atoms with Crippen LogP contribution in [0.5, 0.6) is 0 Å². The molecule has 0 spiro atoms. The molecule has 96 valence electrons. The lowest BCUT2D eigenvalue weighted by atomic mass is 10.0. The van der Waals surface area contributed by atoms with Gasteiger partial charge in [0, 0.05) is 6.42 Å². The Balaban J connectivity index is 1.44. The van der Waals surface area contributed by atoms with Crippen molar-refractivity contribution in [3.05, 3.63) is 71.3 Å². The predicted molar refractivity (Wildman–Crippen MR) is 72.9 cm³/mol. The Bertz CT molecular complexity index is 575. The van der Waals surface area contributed by atoms with E-state index in [1.165, 1.54) is 16.7 Å². The number of rotatable bonds is 4. The van der Waals surface area contributed by atoms with Gasteiger partial charge in [0.05, 0.1) is 12.7 Å². The SMILES string of the molecule is c1ccc(C2OC2Cc2cccc(C3CO3)c2)cc1. The molecular weight excluding hydrogens is 236 g/mol. The number of epoxide rings is 2. The van der Waals surface area contributed by atoms with E-state index < -0.39 is 0 Å². The third-order valence-electron chi connectivity index (χ3n) is 3.80. The lowest BCUT2D eigenvalue weighted by Gasteiger charge is -2.01. The van der Waals surface area contributed by atoms with Crippen LogP contribution in [0.4, 0.5) is 0 Å². The number of ether oxygens (including phenoxy) is 2. The molecule has 2 aliphatic rings. The highest BCUT2D eigenvalue weighted by Gasteiger charge is 2.39. The summed E-state index contributed by atoms with van der Waals surface area (Å²) in [6.45, 7) is 0.871. The second-order valence-electron chi connectivity index (χ2n) is 5.28. The summed E-state index contributed by atoms with van der Waals surface area (Å²) in [5, 5.41) is 0. The van der Waals surface area contributed by atoms with Crippen molar-refractivity contribution >= 4 is 0 Å². The standard InChI is InChI=1S/C17H16O2/c1-2-6-13(7-3-1)17-15(19-17)10-12-5-4-8-14(9-12)16-11-18-16/h1-9,15-17H,10-11H2. The van der Waals surface area contributed by atoms with Gasteiger partial charge in [-0.1, -0.05) is 54.6 Å². The molecule has 2 heterocycles. The number of hydrogen-bond donors (Lipinski definition) is 0. The molecule has 0 N–H and O–H groups in total. The van der Waals surface area contributed by atoms with Crippen molar-refractivity contribution in [3.8, 4) is 0 Å². The quantitative estimate of drug-likeness (QED) is 0.779. The van der Waals surface area contributed by atoms with Crippen LogP contribution in [0.15, 0.2) is 54.6 Å². The average Bonchev–Trinajstić information content (AvgIpc) is 3.35. The molecule has 0 radical (unpaired) electrons. The van der Waals surface area contributed by atoms with Crippen molar-refractivity contribution in [2.45, 2.75) is 24.7 Å². The molecule has 19 heavy (non-hydrogen) atoms. The summed E-state index contributed by atoms with van der Waals surface area (Å²) in [5.41, 5.74) is 3.93. The van der Waals surface area contributed by atoms with Crippen LogP contribution in [0.2, 0.25) is 0 Å². The Kier molecular flexibility index (Phi) is 2.64. The maximum atomic E-state index is 5.79. The second kappa shape index (κ2) is 4.48. The van der Waals surface area contributed by atoms with Crippen molar-refractivity contribution in [1.29, 1.82) is 0 Å². The third kappa shape index (κ3) is 2.42. The highest BCUT2D eigenvalue weighted by molar-refractivity contribution is 5.29. The van der Waals surface area contributed by atoms with Crippen LogP contribution in [0.25, 0.3) is 0 Å². The summed E-state index contributed by atoms with van der Waals surface area (Å²) in [6.07, 6.45) is 1.94. The molecule has 0 bridgehead atoms. The molecule has 2 heteroatoms. The van der Waals surface area contributed by atoms with Gasteiger partial charge in [0.2, 0.25) is 0 Å². The molecule has 2 fully saturated rings. The van der Waals surface area contributed by atoms with Crippen molar-refractivity contribution in [2.24, 2.45) is 0 Å². The minimum Gasteiger partial charge on any atom is -0.368 e. The average molecular weight is 252 g/mol. The fraction of sp³-hybridized carbons (Fsp3) is 0.294. The Morgan fingerprint density at radius 3 is 2.53 bits per heavy atom. The van der Waals surface area contributed by atoms with E-state index in [2.05, 4.69) is 48.5 Å². The van der Waals surface area contributed by atoms with Gasteiger partial charge < -0.3 is 9.47 Å². The first-order valence-electron chi connectivity index (χ1n) is 6.81. The molecule has 0 amide bonds. The monoisotopic (exact) mass is 252 g/mol. The lowest BCUT2D eigenvalue weighted by Crippen LogP contribution is -1.96. The summed E-state index contributed by atoms with van der Waals surface area (Å²) in [6, 6.07) is 19.1. The molecule has 2 aromatic carbocycles. The molecule has 3 unspecified atom stereocenters. The van der Waals surface area contributed by atoms with Crippen molar-refractivity contribution in [3.63, 3.8) is 0 Å². The molecule has 4 rings (SSSR count). The van der Waals surface area contributed by atoms with E-state index in [4.69, 9.17) is 9.47 Å². The molecule has 0 aliphatic carbocycles. The van der Waals surface area contributed by atoms with Crippen LogP contribution in [0, 0.1) is 0 Å². The smallest absolute Gasteiger partial charge is 0.109 e. The van der Waals surface area contributed by atoms with E-state index in [0.29, 0.717) is 12.2 Å². The van der Waals surface area contributed by atoms with Crippen molar-refractivity contribution in [1.82, 2.24) is 0 Å². The number of hydrogen-bond acceptors (Lipinski definition) is 2. The van der Waals surface area contributed by atoms with Gasteiger partial charge in [0.1, 0.15) is 12.2 Å². The van der Waals surface area contributed by atoms with Gasteiger partial charge in [-0.05, 0) is 16.7 Å².